The molecule has 1 amide bonds. The molecule has 1 aliphatic heterocycles. The number of carbonyl (C=O) groups excluding carboxylic acids is 1. The number of amides is 1. The second-order valence-corrected chi connectivity index (χ2v) is 8.45. The van der Waals surface area contributed by atoms with E-state index in [2.05, 4.69) is 5.32 Å². The Kier molecular flexibility index (Phi) is 6.26. The molecule has 0 bridgehead atoms. The lowest BCUT2D eigenvalue weighted by molar-refractivity contribution is -0.120. The Hall–Kier alpha value is -2.22. The van der Waals surface area contributed by atoms with Gasteiger partial charge < -0.3 is 10.1 Å². The molecule has 6 nitrogen and oxygen atoms in total. The van der Waals surface area contributed by atoms with E-state index in [9.17, 15) is 13.2 Å². The summed E-state index contributed by atoms with van der Waals surface area (Å²) < 4.78 is 32.4. The standard InChI is InChI=1S/C20H24N2O4S/c1-26-15-16-10-12-17(13-11-16)21-20(23)19-9-5-6-14-22(19)27(24,25)18-7-3-2-4-8-18/h2-4,7-8,10-13,19H,5-6,9,14-15H2,1H3,(H,21,23)/t19-/m0/s1. The van der Waals surface area contributed by atoms with Crippen LogP contribution < -0.4 is 5.32 Å². The first-order chi connectivity index (χ1) is 13.0. The minimum absolute atomic E-state index is 0.216. The third kappa shape index (κ3) is 4.55. The Balaban J connectivity index is 1.77. The zero-order chi connectivity index (χ0) is 19.3. The van der Waals surface area contributed by atoms with E-state index in [1.165, 1.54) is 4.31 Å². The molecule has 1 atom stereocenters. The summed E-state index contributed by atoms with van der Waals surface area (Å²) in [5.74, 6) is -0.298. The van der Waals surface area contributed by atoms with Crippen LogP contribution in [-0.4, -0.2) is 38.3 Å². The maximum atomic E-state index is 13.0. The molecule has 0 spiro atoms. The molecule has 0 saturated carbocycles. The number of sulfonamides is 1. The number of anilines is 1. The molecule has 0 aromatic heterocycles. The number of carbonyl (C=O) groups is 1. The van der Waals surface area contributed by atoms with Crippen molar-refractivity contribution in [2.24, 2.45) is 0 Å². The van der Waals surface area contributed by atoms with E-state index < -0.39 is 16.1 Å². The summed E-state index contributed by atoms with van der Waals surface area (Å²) in [5.41, 5.74) is 1.64. The Morgan fingerprint density at radius 1 is 1.11 bits per heavy atom. The Morgan fingerprint density at radius 3 is 2.48 bits per heavy atom. The van der Waals surface area contributed by atoms with E-state index >= 15 is 0 Å². The van der Waals surface area contributed by atoms with E-state index in [1.807, 2.05) is 12.1 Å². The van der Waals surface area contributed by atoms with Gasteiger partial charge in [-0.2, -0.15) is 4.31 Å². The van der Waals surface area contributed by atoms with Crippen molar-refractivity contribution in [3.63, 3.8) is 0 Å². The number of methoxy groups -OCH3 is 1. The first-order valence-electron chi connectivity index (χ1n) is 8.98. The van der Waals surface area contributed by atoms with Gasteiger partial charge in [-0.05, 0) is 42.7 Å². The van der Waals surface area contributed by atoms with Crippen molar-refractivity contribution < 1.29 is 17.9 Å². The predicted molar refractivity (Wildman–Crippen MR) is 104 cm³/mol. The monoisotopic (exact) mass is 388 g/mol. The van der Waals surface area contributed by atoms with Gasteiger partial charge in [0.1, 0.15) is 6.04 Å². The van der Waals surface area contributed by atoms with Gasteiger partial charge in [-0.25, -0.2) is 8.42 Å². The lowest BCUT2D eigenvalue weighted by Gasteiger charge is -2.33. The van der Waals surface area contributed by atoms with Gasteiger partial charge in [0.05, 0.1) is 11.5 Å². The van der Waals surface area contributed by atoms with Crippen LogP contribution in [0.25, 0.3) is 0 Å². The zero-order valence-electron chi connectivity index (χ0n) is 15.3. The molecule has 2 aromatic rings. The molecular formula is C20H24N2O4S. The highest BCUT2D eigenvalue weighted by Gasteiger charge is 2.37. The van der Waals surface area contributed by atoms with Crippen LogP contribution in [-0.2, 0) is 26.2 Å². The number of piperidine rings is 1. The minimum Gasteiger partial charge on any atom is -0.380 e. The molecule has 1 aliphatic rings. The summed E-state index contributed by atoms with van der Waals surface area (Å²) in [7, 11) is -2.08. The molecule has 1 fully saturated rings. The molecule has 27 heavy (non-hydrogen) atoms. The fraction of sp³-hybridized carbons (Fsp3) is 0.350. The van der Waals surface area contributed by atoms with E-state index in [0.717, 1.165) is 18.4 Å². The molecule has 1 N–H and O–H groups in total. The Morgan fingerprint density at radius 2 is 1.81 bits per heavy atom. The molecular weight excluding hydrogens is 364 g/mol. The van der Waals surface area contributed by atoms with E-state index in [-0.39, 0.29) is 10.8 Å². The third-order valence-corrected chi connectivity index (χ3v) is 6.56. The van der Waals surface area contributed by atoms with Gasteiger partial charge in [0, 0.05) is 19.3 Å². The van der Waals surface area contributed by atoms with Gasteiger partial charge in [0.15, 0.2) is 0 Å². The van der Waals surface area contributed by atoms with Crippen LogP contribution in [0.5, 0.6) is 0 Å². The zero-order valence-corrected chi connectivity index (χ0v) is 16.1. The van der Waals surface area contributed by atoms with Gasteiger partial charge in [-0.1, -0.05) is 36.8 Å². The molecule has 3 rings (SSSR count). The number of nitrogens with one attached hydrogen (secondary N) is 1. The number of rotatable bonds is 6. The molecule has 0 radical (unpaired) electrons. The molecule has 7 heteroatoms. The fourth-order valence-electron chi connectivity index (χ4n) is 3.26. The first-order valence-corrected chi connectivity index (χ1v) is 10.4. The van der Waals surface area contributed by atoms with Crippen LogP contribution in [0.2, 0.25) is 0 Å². The minimum atomic E-state index is -3.71. The van der Waals surface area contributed by atoms with Gasteiger partial charge >= 0.3 is 0 Å². The summed E-state index contributed by atoms with van der Waals surface area (Å²) in [6.07, 6.45) is 2.09. The maximum Gasteiger partial charge on any atom is 0.243 e. The lowest BCUT2D eigenvalue weighted by atomic mass is 10.0. The van der Waals surface area contributed by atoms with Crippen molar-refractivity contribution >= 4 is 21.6 Å². The van der Waals surface area contributed by atoms with Crippen molar-refractivity contribution in [2.45, 2.75) is 36.8 Å². The van der Waals surface area contributed by atoms with Gasteiger partial charge in [0.2, 0.25) is 15.9 Å². The highest BCUT2D eigenvalue weighted by Crippen LogP contribution is 2.26. The predicted octanol–water partition coefficient (Wildman–Crippen LogP) is 3.01. The van der Waals surface area contributed by atoms with Crippen molar-refractivity contribution in [3.05, 3.63) is 60.2 Å². The molecule has 144 valence electrons. The largest absolute Gasteiger partial charge is 0.380 e. The van der Waals surface area contributed by atoms with Gasteiger partial charge in [0.25, 0.3) is 0 Å². The molecule has 2 aromatic carbocycles. The summed E-state index contributed by atoms with van der Waals surface area (Å²) in [6, 6.07) is 14.9. The van der Waals surface area contributed by atoms with Gasteiger partial charge in [-0.3, -0.25) is 4.79 Å². The van der Waals surface area contributed by atoms with E-state index in [1.54, 1.807) is 49.6 Å². The number of hydrogen-bond acceptors (Lipinski definition) is 4. The van der Waals surface area contributed by atoms with Crippen molar-refractivity contribution in [1.82, 2.24) is 4.31 Å². The average Bonchev–Trinajstić information content (AvgIpc) is 2.70. The molecule has 1 saturated heterocycles. The van der Waals surface area contributed by atoms with Crippen LogP contribution in [0, 0.1) is 0 Å². The summed E-state index contributed by atoms with van der Waals surface area (Å²) in [4.78, 5) is 13.0. The molecule has 0 unspecified atom stereocenters. The first kappa shape index (κ1) is 19.5. The van der Waals surface area contributed by atoms with Crippen LogP contribution in [0.4, 0.5) is 5.69 Å². The fourth-order valence-corrected chi connectivity index (χ4v) is 4.94. The number of ether oxygens (including phenoxy) is 1. The second-order valence-electron chi connectivity index (χ2n) is 6.56. The Labute approximate surface area is 160 Å². The van der Waals surface area contributed by atoms with Crippen LogP contribution in [0.1, 0.15) is 24.8 Å². The van der Waals surface area contributed by atoms with Crippen molar-refractivity contribution in [3.8, 4) is 0 Å². The maximum absolute atomic E-state index is 13.0. The van der Waals surface area contributed by atoms with E-state index in [4.69, 9.17) is 4.74 Å². The lowest BCUT2D eigenvalue weighted by Crippen LogP contribution is -2.49. The van der Waals surface area contributed by atoms with Crippen LogP contribution >= 0.6 is 0 Å². The summed E-state index contributed by atoms with van der Waals surface area (Å²) in [6.45, 7) is 0.849. The smallest absolute Gasteiger partial charge is 0.243 e. The third-order valence-electron chi connectivity index (χ3n) is 4.64. The highest BCUT2D eigenvalue weighted by atomic mass is 32.2. The number of hydrogen-bond donors (Lipinski definition) is 1. The normalized spacial score (nSPS) is 18.2. The van der Waals surface area contributed by atoms with Crippen LogP contribution in [0.15, 0.2) is 59.5 Å². The highest BCUT2D eigenvalue weighted by molar-refractivity contribution is 7.89. The SMILES string of the molecule is COCc1ccc(NC(=O)[C@@H]2CCCCN2S(=O)(=O)c2ccccc2)cc1. The average molecular weight is 388 g/mol. The number of nitrogens with zero attached hydrogens (tertiary/aromatic N) is 1. The summed E-state index contributed by atoms with van der Waals surface area (Å²) >= 11 is 0. The van der Waals surface area contributed by atoms with Crippen LogP contribution in [0.3, 0.4) is 0 Å². The van der Waals surface area contributed by atoms with Crippen molar-refractivity contribution in [1.29, 1.82) is 0 Å². The summed E-state index contributed by atoms with van der Waals surface area (Å²) in [5, 5.41) is 2.85. The topological polar surface area (TPSA) is 75.7 Å². The number of benzene rings is 2. The molecule has 0 aliphatic carbocycles. The second kappa shape index (κ2) is 8.65. The quantitative estimate of drug-likeness (QED) is 0.825. The Bertz CT molecular complexity index is 867. The molecule has 1 heterocycles. The van der Waals surface area contributed by atoms with E-state index in [0.29, 0.717) is 25.3 Å². The van der Waals surface area contributed by atoms with Gasteiger partial charge in [-0.15, -0.1) is 0 Å². The van der Waals surface area contributed by atoms with Crippen molar-refractivity contribution in [2.75, 3.05) is 19.0 Å².